The van der Waals surface area contributed by atoms with Gasteiger partial charge in [-0.3, -0.25) is 4.79 Å². The van der Waals surface area contributed by atoms with Crippen LogP contribution in [0.15, 0.2) is 18.2 Å². The fraction of sp³-hybridized carbons (Fsp3) is 0.333. The Bertz CT molecular complexity index is 480. The standard InChI is InChI=1S/C12H12ClFN2O/c1-12(2,6-15)7-16-11(17)9-5-8(13)3-4-10(9)14/h3-5H,7H2,1-2H3,(H,16,17). The quantitative estimate of drug-likeness (QED) is 0.902. The van der Waals surface area contributed by atoms with Gasteiger partial charge in [-0.2, -0.15) is 5.26 Å². The molecule has 0 saturated heterocycles. The number of carbonyl (C=O) groups excluding carboxylic acids is 1. The summed E-state index contributed by atoms with van der Waals surface area (Å²) in [5.41, 5.74) is -0.809. The molecule has 0 heterocycles. The minimum absolute atomic E-state index is 0.119. The molecule has 90 valence electrons. The Morgan fingerprint density at radius 1 is 1.59 bits per heavy atom. The highest BCUT2D eigenvalue weighted by Crippen LogP contribution is 2.16. The van der Waals surface area contributed by atoms with Crippen LogP contribution in [0.3, 0.4) is 0 Å². The number of nitriles is 1. The van der Waals surface area contributed by atoms with Gasteiger partial charge in [0.25, 0.3) is 5.91 Å². The molecule has 17 heavy (non-hydrogen) atoms. The molecule has 1 N–H and O–H groups in total. The van der Waals surface area contributed by atoms with Gasteiger partial charge in [0, 0.05) is 11.6 Å². The minimum Gasteiger partial charge on any atom is -0.350 e. The zero-order valence-electron chi connectivity index (χ0n) is 9.55. The summed E-state index contributed by atoms with van der Waals surface area (Å²) < 4.78 is 13.3. The number of hydrogen-bond donors (Lipinski definition) is 1. The molecule has 0 aliphatic carbocycles. The van der Waals surface area contributed by atoms with Crippen LogP contribution in [0.25, 0.3) is 0 Å². The molecule has 0 aromatic heterocycles. The second kappa shape index (κ2) is 5.15. The predicted molar refractivity (Wildman–Crippen MR) is 63.1 cm³/mol. The van der Waals surface area contributed by atoms with Crippen molar-refractivity contribution < 1.29 is 9.18 Å². The zero-order valence-corrected chi connectivity index (χ0v) is 10.3. The van der Waals surface area contributed by atoms with Gasteiger partial charge >= 0.3 is 0 Å². The fourth-order valence-corrected chi connectivity index (χ4v) is 1.28. The first-order valence-corrected chi connectivity index (χ1v) is 5.38. The van der Waals surface area contributed by atoms with Crippen LogP contribution in [0.1, 0.15) is 24.2 Å². The number of amides is 1. The van der Waals surface area contributed by atoms with Gasteiger partial charge in [0.05, 0.1) is 17.0 Å². The summed E-state index contributed by atoms with van der Waals surface area (Å²) in [5.74, 6) is -1.21. The van der Waals surface area contributed by atoms with E-state index in [1.54, 1.807) is 13.8 Å². The van der Waals surface area contributed by atoms with E-state index in [0.717, 1.165) is 6.07 Å². The van der Waals surface area contributed by atoms with Gasteiger partial charge in [-0.1, -0.05) is 11.6 Å². The molecule has 5 heteroatoms. The Balaban J connectivity index is 2.78. The second-order valence-electron chi connectivity index (χ2n) is 4.30. The molecule has 0 aliphatic heterocycles. The van der Waals surface area contributed by atoms with Crippen molar-refractivity contribution in [2.75, 3.05) is 6.54 Å². The highest BCUT2D eigenvalue weighted by atomic mass is 35.5. The third-order valence-corrected chi connectivity index (χ3v) is 2.40. The summed E-state index contributed by atoms with van der Waals surface area (Å²) in [6, 6.07) is 5.79. The molecule has 1 amide bonds. The number of nitrogens with one attached hydrogen (secondary N) is 1. The first-order valence-electron chi connectivity index (χ1n) is 5.00. The van der Waals surface area contributed by atoms with Crippen LogP contribution < -0.4 is 5.32 Å². The summed E-state index contributed by atoms with van der Waals surface area (Å²) in [7, 11) is 0. The summed E-state index contributed by atoms with van der Waals surface area (Å²) in [6.07, 6.45) is 0. The summed E-state index contributed by atoms with van der Waals surface area (Å²) in [6.45, 7) is 3.51. The van der Waals surface area contributed by atoms with E-state index in [1.165, 1.54) is 12.1 Å². The van der Waals surface area contributed by atoms with Crippen LogP contribution in [-0.4, -0.2) is 12.5 Å². The lowest BCUT2D eigenvalue weighted by molar-refractivity contribution is 0.0939. The Kier molecular flexibility index (Phi) is 4.08. The Morgan fingerprint density at radius 3 is 2.82 bits per heavy atom. The third kappa shape index (κ3) is 3.72. The van der Waals surface area contributed by atoms with Crippen molar-refractivity contribution in [3.63, 3.8) is 0 Å². The molecular formula is C12H12ClFN2O. The van der Waals surface area contributed by atoms with Crippen LogP contribution in [0.4, 0.5) is 4.39 Å². The van der Waals surface area contributed by atoms with Crippen molar-refractivity contribution in [3.05, 3.63) is 34.6 Å². The topological polar surface area (TPSA) is 52.9 Å². The van der Waals surface area contributed by atoms with E-state index < -0.39 is 17.1 Å². The van der Waals surface area contributed by atoms with Crippen molar-refractivity contribution in [2.45, 2.75) is 13.8 Å². The summed E-state index contributed by atoms with van der Waals surface area (Å²) in [4.78, 5) is 11.7. The molecule has 0 bridgehead atoms. The van der Waals surface area contributed by atoms with Crippen molar-refractivity contribution in [2.24, 2.45) is 5.41 Å². The maximum atomic E-state index is 13.3. The highest BCUT2D eigenvalue weighted by Gasteiger charge is 2.19. The summed E-state index contributed by atoms with van der Waals surface area (Å²) in [5, 5.41) is 11.6. The number of halogens is 2. The van der Waals surface area contributed by atoms with Crippen molar-refractivity contribution in [1.82, 2.24) is 5.32 Å². The van der Waals surface area contributed by atoms with Gasteiger partial charge in [0.2, 0.25) is 0 Å². The molecule has 0 fully saturated rings. The number of nitrogens with zero attached hydrogens (tertiary/aromatic N) is 1. The lowest BCUT2D eigenvalue weighted by Crippen LogP contribution is -2.33. The SMILES string of the molecule is CC(C)(C#N)CNC(=O)c1cc(Cl)ccc1F. The van der Waals surface area contributed by atoms with Crippen LogP contribution in [0.5, 0.6) is 0 Å². The maximum Gasteiger partial charge on any atom is 0.254 e. The van der Waals surface area contributed by atoms with Crippen molar-refractivity contribution in [1.29, 1.82) is 5.26 Å². The maximum absolute atomic E-state index is 13.3. The van der Waals surface area contributed by atoms with E-state index in [2.05, 4.69) is 5.32 Å². The van der Waals surface area contributed by atoms with E-state index in [1.807, 2.05) is 6.07 Å². The molecule has 3 nitrogen and oxygen atoms in total. The Labute approximate surface area is 104 Å². The predicted octanol–water partition coefficient (Wildman–Crippen LogP) is 2.76. The van der Waals surface area contributed by atoms with Gasteiger partial charge in [0.1, 0.15) is 5.82 Å². The van der Waals surface area contributed by atoms with Crippen LogP contribution >= 0.6 is 11.6 Å². The third-order valence-electron chi connectivity index (χ3n) is 2.17. The van der Waals surface area contributed by atoms with E-state index >= 15 is 0 Å². The lowest BCUT2D eigenvalue weighted by atomic mass is 9.96. The molecular weight excluding hydrogens is 243 g/mol. The number of benzene rings is 1. The molecule has 0 saturated carbocycles. The fourth-order valence-electron chi connectivity index (χ4n) is 1.11. The average Bonchev–Trinajstić information content (AvgIpc) is 2.29. The number of rotatable bonds is 3. The molecule has 0 radical (unpaired) electrons. The highest BCUT2D eigenvalue weighted by molar-refractivity contribution is 6.30. The zero-order chi connectivity index (χ0) is 13.1. The van der Waals surface area contributed by atoms with E-state index in [0.29, 0.717) is 0 Å². The monoisotopic (exact) mass is 254 g/mol. The van der Waals surface area contributed by atoms with Gasteiger partial charge in [-0.25, -0.2) is 4.39 Å². The molecule has 1 aromatic carbocycles. The smallest absolute Gasteiger partial charge is 0.254 e. The van der Waals surface area contributed by atoms with Crippen molar-refractivity contribution in [3.8, 4) is 6.07 Å². The molecule has 1 aromatic rings. The first kappa shape index (κ1) is 13.5. The van der Waals surface area contributed by atoms with E-state index in [-0.39, 0.29) is 17.1 Å². The van der Waals surface area contributed by atoms with Gasteiger partial charge < -0.3 is 5.32 Å². The minimum atomic E-state index is -0.690. The molecule has 0 aliphatic rings. The Hall–Kier alpha value is -1.60. The van der Waals surface area contributed by atoms with Crippen LogP contribution in [0.2, 0.25) is 5.02 Å². The summed E-state index contributed by atoms with van der Waals surface area (Å²) >= 11 is 5.68. The molecule has 0 atom stereocenters. The van der Waals surface area contributed by atoms with Gasteiger partial charge in [0.15, 0.2) is 0 Å². The molecule has 1 rings (SSSR count). The number of carbonyl (C=O) groups is 1. The average molecular weight is 255 g/mol. The van der Waals surface area contributed by atoms with Gasteiger partial charge in [-0.15, -0.1) is 0 Å². The van der Waals surface area contributed by atoms with Crippen LogP contribution in [0, 0.1) is 22.6 Å². The van der Waals surface area contributed by atoms with E-state index in [9.17, 15) is 9.18 Å². The largest absolute Gasteiger partial charge is 0.350 e. The van der Waals surface area contributed by atoms with Crippen molar-refractivity contribution >= 4 is 17.5 Å². The molecule has 0 unspecified atom stereocenters. The lowest BCUT2D eigenvalue weighted by Gasteiger charge is -2.15. The van der Waals surface area contributed by atoms with Crippen LogP contribution in [-0.2, 0) is 0 Å². The Morgan fingerprint density at radius 2 is 2.24 bits per heavy atom. The second-order valence-corrected chi connectivity index (χ2v) is 4.74. The van der Waals surface area contributed by atoms with Gasteiger partial charge in [-0.05, 0) is 32.0 Å². The molecule has 0 spiro atoms. The van der Waals surface area contributed by atoms with E-state index in [4.69, 9.17) is 16.9 Å². The normalized spacial score (nSPS) is 10.8. The first-order chi connectivity index (χ1) is 7.85. The number of hydrogen-bond acceptors (Lipinski definition) is 2.